The topological polar surface area (TPSA) is 18.5 Å². The van der Waals surface area contributed by atoms with E-state index >= 15 is 0 Å². The van der Waals surface area contributed by atoms with Gasteiger partial charge < -0.3 is 10.2 Å². The maximum atomic E-state index is 3.66. The summed E-state index contributed by atoms with van der Waals surface area (Å²) in [5.74, 6) is 0. The van der Waals surface area contributed by atoms with Gasteiger partial charge in [0.2, 0.25) is 0 Å². The van der Waals surface area contributed by atoms with Crippen molar-refractivity contribution in [2.75, 3.05) is 33.2 Å². The molecule has 1 heterocycles. The molecule has 1 rings (SSSR count). The summed E-state index contributed by atoms with van der Waals surface area (Å²) in [7, 11) is 2.32. The van der Waals surface area contributed by atoms with Crippen LogP contribution in [0.4, 0.5) is 0 Å². The maximum Gasteiger partial charge on any atom is 0.0218 e. The van der Waals surface area contributed by atoms with E-state index in [9.17, 15) is 0 Å². The summed E-state index contributed by atoms with van der Waals surface area (Å²) < 4.78 is 0. The van der Waals surface area contributed by atoms with Crippen LogP contribution in [0.25, 0.3) is 0 Å². The lowest BCUT2D eigenvalue weighted by molar-refractivity contribution is 0.0930. The molecule has 3 nitrogen and oxygen atoms in total. The Bertz CT molecular complexity index is 239. The Morgan fingerprint density at radius 1 is 1.21 bits per heavy atom. The number of nitrogens with zero attached hydrogens (tertiary/aromatic N) is 2. The van der Waals surface area contributed by atoms with Crippen LogP contribution in [0.1, 0.15) is 53.9 Å². The summed E-state index contributed by atoms with van der Waals surface area (Å²) in [5.41, 5.74) is 0.222. The minimum Gasteiger partial charge on any atom is -0.311 e. The Balaban J connectivity index is 2.43. The average molecular weight is 269 g/mol. The Hall–Kier alpha value is -0.120. The normalized spacial score (nSPS) is 21.0. The number of nitrogens with one attached hydrogen (secondary N) is 1. The first-order chi connectivity index (χ1) is 8.87. The molecule has 0 aromatic rings. The third kappa shape index (κ3) is 5.80. The van der Waals surface area contributed by atoms with Crippen molar-refractivity contribution in [1.82, 2.24) is 15.1 Å². The Morgan fingerprint density at radius 3 is 2.21 bits per heavy atom. The van der Waals surface area contributed by atoms with Crippen LogP contribution in [0.15, 0.2) is 0 Å². The van der Waals surface area contributed by atoms with E-state index in [4.69, 9.17) is 0 Å². The number of hydrogen-bond donors (Lipinski definition) is 1. The van der Waals surface area contributed by atoms with E-state index in [0.29, 0.717) is 6.04 Å². The standard InChI is InChI=1S/C16H35N3/c1-7-14(13-17-16(3,4)5)18(6)15-9-11-19(8-2)12-10-15/h14-15,17H,7-13H2,1-6H3. The van der Waals surface area contributed by atoms with Gasteiger partial charge >= 0.3 is 0 Å². The van der Waals surface area contributed by atoms with Crippen LogP contribution in [-0.2, 0) is 0 Å². The second-order valence-electron chi connectivity index (χ2n) is 7.02. The van der Waals surface area contributed by atoms with Crippen LogP contribution in [0.2, 0.25) is 0 Å². The quantitative estimate of drug-likeness (QED) is 0.799. The molecular formula is C16H35N3. The van der Waals surface area contributed by atoms with E-state index in [1.807, 2.05) is 0 Å². The number of piperidine rings is 1. The van der Waals surface area contributed by atoms with Crippen LogP contribution in [0.5, 0.6) is 0 Å². The molecular weight excluding hydrogens is 234 g/mol. The van der Waals surface area contributed by atoms with Crippen molar-refractivity contribution in [2.45, 2.75) is 71.5 Å². The van der Waals surface area contributed by atoms with Crippen molar-refractivity contribution >= 4 is 0 Å². The Kier molecular flexibility index (Phi) is 6.78. The fourth-order valence-electron chi connectivity index (χ4n) is 2.94. The van der Waals surface area contributed by atoms with Crippen molar-refractivity contribution < 1.29 is 0 Å². The van der Waals surface area contributed by atoms with Crippen LogP contribution < -0.4 is 5.32 Å². The third-order valence-corrected chi connectivity index (χ3v) is 4.50. The Labute approximate surface area is 120 Å². The molecule has 3 heteroatoms. The first-order valence-electron chi connectivity index (χ1n) is 8.06. The lowest BCUT2D eigenvalue weighted by Crippen LogP contribution is -2.52. The molecule has 0 spiro atoms. The molecule has 19 heavy (non-hydrogen) atoms. The highest BCUT2D eigenvalue weighted by Crippen LogP contribution is 2.18. The van der Waals surface area contributed by atoms with E-state index < -0.39 is 0 Å². The van der Waals surface area contributed by atoms with E-state index in [-0.39, 0.29) is 5.54 Å². The zero-order valence-electron chi connectivity index (χ0n) is 14.0. The van der Waals surface area contributed by atoms with E-state index in [2.05, 4.69) is 56.8 Å². The third-order valence-electron chi connectivity index (χ3n) is 4.50. The molecule has 0 aromatic carbocycles. The summed E-state index contributed by atoms with van der Waals surface area (Å²) in [6.07, 6.45) is 3.89. The number of likely N-dealkylation sites (N-methyl/N-ethyl adjacent to an activating group) is 1. The van der Waals surface area contributed by atoms with Gasteiger partial charge in [-0.05, 0) is 66.7 Å². The van der Waals surface area contributed by atoms with Crippen LogP contribution in [0, 0.1) is 0 Å². The minimum absolute atomic E-state index is 0.222. The zero-order chi connectivity index (χ0) is 14.5. The van der Waals surface area contributed by atoms with Gasteiger partial charge in [0.15, 0.2) is 0 Å². The summed E-state index contributed by atoms with van der Waals surface area (Å²) >= 11 is 0. The van der Waals surface area contributed by atoms with Crippen molar-refractivity contribution in [3.63, 3.8) is 0 Å². The highest BCUT2D eigenvalue weighted by molar-refractivity contribution is 4.84. The lowest BCUT2D eigenvalue weighted by atomic mass is 10.0. The number of hydrogen-bond acceptors (Lipinski definition) is 3. The molecule has 1 N–H and O–H groups in total. The first-order valence-corrected chi connectivity index (χ1v) is 8.06. The first kappa shape index (κ1) is 16.9. The van der Waals surface area contributed by atoms with Crippen LogP contribution in [0.3, 0.4) is 0 Å². The molecule has 1 aliphatic rings. The molecule has 0 amide bonds. The van der Waals surface area contributed by atoms with Gasteiger partial charge in [-0.3, -0.25) is 4.90 Å². The monoisotopic (exact) mass is 269 g/mol. The van der Waals surface area contributed by atoms with Gasteiger partial charge in [0, 0.05) is 24.2 Å². The van der Waals surface area contributed by atoms with Gasteiger partial charge in [-0.25, -0.2) is 0 Å². The second-order valence-corrected chi connectivity index (χ2v) is 7.02. The smallest absolute Gasteiger partial charge is 0.0218 e. The summed E-state index contributed by atoms with van der Waals surface area (Å²) in [5, 5.41) is 3.66. The number of rotatable bonds is 6. The minimum atomic E-state index is 0.222. The Morgan fingerprint density at radius 2 is 1.79 bits per heavy atom. The van der Waals surface area contributed by atoms with E-state index in [1.165, 1.54) is 38.9 Å². The predicted octanol–water partition coefficient (Wildman–Crippen LogP) is 2.57. The molecule has 0 aromatic heterocycles. The summed E-state index contributed by atoms with van der Waals surface area (Å²) in [6, 6.07) is 1.44. The lowest BCUT2D eigenvalue weighted by Gasteiger charge is -2.40. The molecule has 0 bridgehead atoms. The molecule has 0 aliphatic carbocycles. The van der Waals surface area contributed by atoms with Gasteiger partial charge in [0.05, 0.1) is 0 Å². The highest BCUT2D eigenvalue weighted by atomic mass is 15.2. The van der Waals surface area contributed by atoms with Crippen molar-refractivity contribution in [3.8, 4) is 0 Å². The fourth-order valence-corrected chi connectivity index (χ4v) is 2.94. The van der Waals surface area contributed by atoms with Crippen molar-refractivity contribution in [2.24, 2.45) is 0 Å². The second kappa shape index (κ2) is 7.61. The van der Waals surface area contributed by atoms with Gasteiger partial charge in [0.1, 0.15) is 0 Å². The van der Waals surface area contributed by atoms with E-state index in [0.717, 1.165) is 12.6 Å². The molecule has 0 saturated carbocycles. The van der Waals surface area contributed by atoms with E-state index in [1.54, 1.807) is 0 Å². The van der Waals surface area contributed by atoms with Crippen molar-refractivity contribution in [3.05, 3.63) is 0 Å². The molecule has 114 valence electrons. The fraction of sp³-hybridized carbons (Fsp3) is 1.00. The zero-order valence-corrected chi connectivity index (χ0v) is 14.0. The summed E-state index contributed by atoms with van der Waals surface area (Å²) in [6.45, 7) is 16.2. The average Bonchev–Trinajstić information content (AvgIpc) is 2.38. The van der Waals surface area contributed by atoms with Gasteiger partial charge in [-0.1, -0.05) is 13.8 Å². The van der Waals surface area contributed by atoms with Gasteiger partial charge in [-0.2, -0.15) is 0 Å². The highest BCUT2D eigenvalue weighted by Gasteiger charge is 2.26. The van der Waals surface area contributed by atoms with Crippen molar-refractivity contribution in [1.29, 1.82) is 0 Å². The van der Waals surface area contributed by atoms with Gasteiger partial charge in [-0.15, -0.1) is 0 Å². The van der Waals surface area contributed by atoms with Crippen LogP contribution >= 0.6 is 0 Å². The summed E-state index contributed by atoms with van der Waals surface area (Å²) in [4.78, 5) is 5.20. The molecule has 1 saturated heterocycles. The molecule has 1 atom stereocenters. The maximum absolute atomic E-state index is 3.66. The molecule has 1 aliphatic heterocycles. The molecule has 1 fully saturated rings. The van der Waals surface area contributed by atoms with Crippen LogP contribution in [-0.4, -0.2) is 60.6 Å². The SMILES string of the molecule is CCC(CNC(C)(C)C)N(C)C1CCN(CC)CC1. The molecule has 0 radical (unpaired) electrons. The molecule has 1 unspecified atom stereocenters. The number of likely N-dealkylation sites (tertiary alicyclic amines) is 1. The largest absolute Gasteiger partial charge is 0.311 e. The predicted molar refractivity (Wildman–Crippen MR) is 84.7 cm³/mol. The van der Waals surface area contributed by atoms with Gasteiger partial charge in [0.25, 0.3) is 0 Å².